The Bertz CT molecular complexity index is 888. The molecule has 31 heavy (non-hydrogen) atoms. The van der Waals surface area contributed by atoms with Crippen LogP contribution in [0, 0.1) is 5.92 Å². The summed E-state index contributed by atoms with van der Waals surface area (Å²) >= 11 is 0. The predicted molar refractivity (Wildman–Crippen MR) is 117 cm³/mol. The van der Waals surface area contributed by atoms with Crippen molar-refractivity contribution in [3.8, 4) is 11.5 Å². The number of methoxy groups -OCH3 is 1. The number of hydrogen-bond acceptors (Lipinski definition) is 7. The van der Waals surface area contributed by atoms with Crippen LogP contribution in [-0.2, 0) is 19.1 Å². The lowest BCUT2D eigenvalue weighted by Crippen LogP contribution is -2.37. The lowest BCUT2D eigenvalue weighted by Gasteiger charge is -2.34. The second kappa shape index (κ2) is 10.6. The monoisotopic (exact) mass is 429 g/mol. The number of rotatable bonds is 9. The fraction of sp³-hybridized carbons (Fsp3) is 0.542. The highest BCUT2D eigenvalue weighted by atomic mass is 16.6. The molecular formula is C24H31NO6. The SMILES string of the molecule is CCOCCOC(=O)C1C(C)=NC2=C(C(=O)CCC2)[C@H]1c1ccc(OCC)c(OC)c1. The van der Waals surface area contributed by atoms with Gasteiger partial charge in [-0.25, -0.2) is 0 Å². The molecule has 0 bridgehead atoms. The molecule has 2 aliphatic rings. The van der Waals surface area contributed by atoms with Crippen LogP contribution >= 0.6 is 0 Å². The highest BCUT2D eigenvalue weighted by Crippen LogP contribution is 2.45. The summed E-state index contributed by atoms with van der Waals surface area (Å²) in [6.45, 7) is 7.18. The van der Waals surface area contributed by atoms with Crippen LogP contribution in [0.25, 0.3) is 0 Å². The van der Waals surface area contributed by atoms with Crippen molar-refractivity contribution >= 4 is 17.5 Å². The molecule has 0 N–H and O–H groups in total. The van der Waals surface area contributed by atoms with Crippen molar-refractivity contribution < 1.29 is 28.5 Å². The lowest BCUT2D eigenvalue weighted by molar-refractivity contribution is -0.148. The van der Waals surface area contributed by atoms with Crippen LogP contribution < -0.4 is 9.47 Å². The highest BCUT2D eigenvalue weighted by Gasteiger charge is 2.43. The van der Waals surface area contributed by atoms with Crippen LogP contribution in [0.5, 0.6) is 11.5 Å². The molecule has 1 aromatic rings. The highest BCUT2D eigenvalue weighted by molar-refractivity contribution is 6.08. The lowest BCUT2D eigenvalue weighted by atomic mass is 9.71. The van der Waals surface area contributed by atoms with E-state index >= 15 is 0 Å². The molecular weight excluding hydrogens is 398 g/mol. The fourth-order valence-electron chi connectivity index (χ4n) is 4.26. The van der Waals surface area contributed by atoms with Crippen LogP contribution in [0.1, 0.15) is 51.5 Å². The van der Waals surface area contributed by atoms with E-state index in [1.165, 1.54) is 0 Å². The minimum atomic E-state index is -0.676. The Morgan fingerprint density at radius 1 is 1.13 bits per heavy atom. The van der Waals surface area contributed by atoms with Crippen molar-refractivity contribution in [3.63, 3.8) is 0 Å². The average molecular weight is 430 g/mol. The Morgan fingerprint density at radius 3 is 2.65 bits per heavy atom. The molecule has 0 saturated heterocycles. The van der Waals surface area contributed by atoms with Gasteiger partial charge in [-0.15, -0.1) is 0 Å². The van der Waals surface area contributed by atoms with E-state index in [1.54, 1.807) is 7.11 Å². The summed E-state index contributed by atoms with van der Waals surface area (Å²) in [6, 6.07) is 5.56. The minimum Gasteiger partial charge on any atom is -0.493 e. The van der Waals surface area contributed by atoms with Gasteiger partial charge in [0.15, 0.2) is 17.3 Å². The smallest absolute Gasteiger partial charge is 0.315 e. The molecule has 0 aromatic heterocycles. The van der Waals surface area contributed by atoms with E-state index < -0.39 is 17.8 Å². The third-order valence-corrected chi connectivity index (χ3v) is 5.61. The van der Waals surface area contributed by atoms with Crippen LogP contribution in [0.4, 0.5) is 0 Å². The maximum absolute atomic E-state index is 13.1. The Balaban J connectivity index is 2.02. The van der Waals surface area contributed by atoms with Gasteiger partial charge in [0, 0.05) is 35.9 Å². The molecule has 168 valence electrons. The van der Waals surface area contributed by atoms with Crippen LogP contribution in [0.3, 0.4) is 0 Å². The molecule has 3 rings (SSSR count). The van der Waals surface area contributed by atoms with Gasteiger partial charge in [0.25, 0.3) is 0 Å². The second-order valence-electron chi connectivity index (χ2n) is 7.55. The standard InChI is InChI=1S/C24H31NO6/c1-5-29-12-13-31-24(27)21-15(3)25-17-8-7-9-18(26)23(17)22(21)16-10-11-19(30-6-2)20(14-16)28-4/h10-11,14,21-22H,5-9,12-13H2,1-4H3/t21?,22-/m0/s1. The molecule has 2 atom stereocenters. The maximum Gasteiger partial charge on any atom is 0.315 e. The number of benzene rings is 1. The summed E-state index contributed by atoms with van der Waals surface area (Å²) < 4.78 is 21.9. The number of ether oxygens (including phenoxy) is 4. The number of ketones is 1. The summed E-state index contributed by atoms with van der Waals surface area (Å²) in [5.41, 5.74) is 2.87. The molecule has 0 fully saturated rings. The summed E-state index contributed by atoms with van der Waals surface area (Å²) in [7, 11) is 1.57. The quantitative estimate of drug-likeness (QED) is 0.438. The van der Waals surface area contributed by atoms with Crippen molar-refractivity contribution in [2.45, 2.75) is 46.0 Å². The third kappa shape index (κ3) is 4.98. The number of carbonyl (C=O) groups is 2. The van der Waals surface area contributed by atoms with Crippen molar-refractivity contribution in [2.75, 3.05) is 33.5 Å². The van der Waals surface area contributed by atoms with Gasteiger partial charge in [-0.1, -0.05) is 6.07 Å². The van der Waals surface area contributed by atoms with E-state index in [0.717, 1.165) is 24.1 Å². The zero-order chi connectivity index (χ0) is 22.4. The molecule has 1 unspecified atom stereocenters. The molecule has 7 heteroatoms. The van der Waals surface area contributed by atoms with E-state index in [0.29, 0.717) is 49.0 Å². The third-order valence-electron chi connectivity index (χ3n) is 5.61. The molecule has 1 heterocycles. The molecule has 7 nitrogen and oxygen atoms in total. The molecule has 0 saturated carbocycles. The van der Waals surface area contributed by atoms with Gasteiger partial charge in [-0.2, -0.15) is 0 Å². The predicted octanol–water partition coefficient (Wildman–Crippen LogP) is 3.86. The number of nitrogens with zero attached hydrogens (tertiary/aromatic N) is 1. The van der Waals surface area contributed by atoms with Crippen LogP contribution in [0.15, 0.2) is 34.5 Å². The van der Waals surface area contributed by atoms with Crippen LogP contribution in [0.2, 0.25) is 0 Å². The van der Waals surface area contributed by atoms with E-state index in [1.807, 2.05) is 39.0 Å². The summed E-state index contributed by atoms with van der Waals surface area (Å²) in [5, 5.41) is 0. The largest absolute Gasteiger partial charge is 0.493 e. The van der Waals surface area contributed by atoms with Crippen molar-refractivity contribution in [1.82, 2.24) is 0 Å². The molecule has 0 radical (unpaired) electrons. The normalized spacial score (nSPS) is 20.8. The fourth-order valence-corrected chi connectivity index (χ4v) is 4.26. The molecule has 1 aliphatic heterocycles. The maximum atomic E-state index is 13.1. The number of allylic oxidation sites excluding steroid dienone is 2. The molecule has 0 amide bonds. The Labute approximate surface area is 183 Å². The topological polar surface area (TPSA) is 83.4 Å². The number of hydrogen-bond donors (Lipinski definition) is 0. The summed E-state index contributed by atoms with van der Waals surface area (Å²) in [4.78, 5) is 30.7. The minimum absolute atomic E-state index is 0.0440. The first kappa shape index (κ1) is 23.0. The zero-order valence-corrected chi connectivity index (χ0v) is 18.7. The molecule has 0 spiro atoms. The van der Waals surface area contributed by atoms with Gasteiger partial charge in [0.05, 0.1) is 20.3 Å². The van der Waals surface area contributed by atoms with Crippen LogP contribution in [-0.4, -0.2) is 51.0 Å². The van der Waals surface area contributed by atoms with Gasteiger partial charge in [-0.3, -0.25) is 14.6 Å². The first-order valence-corrected chi connectivity index (χ1v) is 10.9. The summed E-state index contributed by atoms with van der Waals surface area (Å²) in [5.74, 6) is -0.316. The number of esters is 1. The van der Waals surface area contributed by atoms with Crippen molar-refractivity contribution in [1.29, 1.82) is 0 Å². The Morgan fingerprint density at radius 2 is 1.94 bits per heavy atom. The first-order chi connectivity index (χ1) is 15.0. The molecule has 1 aromatic carbocycles. The van der Waals surface area contributed by atoms with E-state index in [2.05, 4.69) is 4.99 Å². The average Bonchev–Trinajstić information content (AvgIpc) is 2.76. The Kier molecular flexibility index (Phi) is 7.85. The van der Waals surface area contributed by atoms with Gasteiger partial charge >= 0.3 is 5.97 Å². The Hall–Kier alpha value is -2.67. The summed E-state index contributed by atoms with van der Waals surface area (Å²) in [6.07, 6.45) is 1.97. The van der Waals surface area contributed by atoms with E-state index in [-0.39, 0.29) is 12.4 Å². The second-order valence-corrected chi connectivity index (χ2v) is 7.55. The van der Waals surface area contributed by atoms with Gasteiger partial charge in [0.2, 0.25) is 0 Å². The van der Waals surface area contributed by atoms with E-state index in [9.17, 15) is 9.59 Å². The van der Waals surface area contributed by atoms with Crippen molar-refractivity contribution in [3.05, 3.63) is 35.0 Å². The number of carbonyl (C=O) groups excluding carboxylic acids is 2. The van der Waals surface area contributed by atoms with Crippen molar-refractivity contribution in [2.24, 2.45) is 10.9 Å². The van der Waals surface area contributed by atoms with Gasteiger partial charge in [0.1, 0.15) is 12.5 Å². The van der Waals surface area contributed by atoms with E-state index in [4.69, 9.17) is 18.9 Å². The van der Waals surface area contributed by atoms with Gasteiger partial charge < -0.3 is 18.9 Å². The number of Topliss-reactive ketones (excluding diaryl/α,β-unsaturated/α-hetero) is 1. The van der Waals surface area contributed by atoms with Gasteiger partial charge in [-0.05, 0) is 51.3 Å². The zero-order valence-electron chi connectivity index (χ0n) is 18.7. The number of aliphatic imine (C=N–C) groups is 1. The first-order valence-electron chi connectivity index (χ1n) is 10.9. The molecule has 1 aliphatic carbocycles.